The highest BCUT2D eigenvalue weighted by atomic mass is 35.5. The predicted molar refractivity (Wildman–Crippen MR) is 129 cm³/mol. The minimum atomic E-state index is -1.00. The summed E-state index contributed by atoms with van der Waals surface area (Å²) in [6.45, 7) is 4.36. The number of carbonyl (C=O) groups excluding carboxylic acids is 1. The first kappa shape index (κ1) is 23.6. The summed E-state index contributed by atoms with van der Waals surface area (Å²) in [5, 5.41) is 10.9. The number of rotatable bonds is 4. The van der Waals surface area contributed by atoms with Crippen LogP contribution < -0.4 is 4.90 Å². The van der Waals surface area contributed by atoms with Crippen molar-refractivity contribution in [3.8, 4) is 0 Å². The average molecular weight is 491 g/mol. The van der Waals surface area contributed by atoms with E-state index < -0.39 is 11.5 Å². The molecule has 2 aliphatic rings. The second-order valence-corrected chi connectivity index (χ2v) is 10.0. The lowest BCUT2D eigenvalue weighted by molar-refractivity contribution is -0.135. The van der Waals surface area contributed by atoms with Gasteiger partial charge in [0, 0.05) is 55.8 Å². The molecule has 2 amide bonds. The summed E-state index contributed by atoms with van der Waals surface area (Å²) in [6.07, 6.45) is 2.10. The Labute approximate surface area is 203 Å². The third-order valence-electron chi connectivity index (χ3n) is 7.11. The highest BCUT2D eigenvalue weighted by Gasteiger charge is 2.49. The zero-order valence-electron chi connectivity index (χ0n) is 18.7. The summed E-state index contributed by atoms with van der Waals surface area (Å²) in [7, 11) is 1.58. The molecule has 2 atom stereocenters. The number of halogens is 2. The molecule has 9 heteroatoms. The molecule has 4 rings (SSSR count). The molecule has 33 heavy (non-hydrogen) atoms. The van der Waals surface area contributed by atoms with Gasteiger partial charge in [0.15, 0.2) is 0 Å². The molecule has 2 fully saturated rings. The number of aromatic nitrogens is 1. The first-order valence-corrected chi connectivity index (χ1v) is 11.8. The zero-order chi connectivity index (χ0) is 23.8. The Morgan fingerprint density at radius 3 is 2.30 bits per heavy atom. The average Bonchev–Trinajstić information content (AvgIpc) is 3.17. The number of hydrogen-bond acceptors (Lipinski definition) is 4. The van der Waals surface area contributed by atoms with Crippen LogP contribution in [-0.2, 0) is 10.2 Å². The summed E-state index contributed by atoms with van der Waals surface area (Å²) >= 11 is 12.0. The van der Waals surface area contributed by atoms with Gasteiger partial charge < -0.3 is 19.8 Å². The Kier molecular flexibility index (Phi) is 6.73. The van der Waals surface area contributed by atoms with Crippen LogP contribution in [0.3, 0.4) is 0 Å². The maximum absolute atomic E-state index is 13.5. The van der Waals surface area contributed by atoms with Gasteiger partial charge in [0.2, 0.25) is 5.91 Å². The van der Waals surface area contributed by atoms with Crippen molar-refractivity contribution < 1.29 is 14.7 Å². The van der Waals surface area contributed by atoms with Gasteiger partial charge in [-0.05, 0) is 42.7 Å². The molecule has 2 aromatic rings. The van der Waals surface area contributed by atoms with Crippen LogP contribution >= 0.6 is 23.2 Å². The number of pyridine rings is 1. The van der Waals surface area contributed by atoms with Gasteiger partial charge in [-0.2, -0.15) is 0 Å². The van der Waals surface area contributed by atoms with Gasteiger partial charge in [-0.15, -0.1) is 0 Å². The van der Waals surface area contributed by atoms with Crippen molar-refractivity contribution in [1.82, 2.24) is 14.8 Å². The van der Waals surface area contributed by atoms with E-state index in [9.17, 15) is 14.7 Å². The molecule has 1 N–H and O–H groups in total. The van der Waals surface area contributed by atoms with Crippen molar-refractivity contribution in [1.29, 1.82) is 0 Å². The molecule has 2 aliphatic heterocycles. The van der Waals surface area contributed by atoms with Gasteiger partial charge in [0.25, 0.3) is 0 Å². The fourth-order valence-corrected chi connectivity index (χ4v) is 5.35. The lowest BCUT2D eigenvalue weighted by atomic mass is 9.77. The normalized spacial score (nSPS) is 23.6. The molecular formula is C24H28Cl2N4O3. The number of likely N-dealkylation sites (tertiary alicyclic amines) is 1. The number of carbonyl (C=O) groups is 2. The second-order valence-electron chi connectivity index (χ2n) is 9.15. The highest BCUT2D eigenvalue weighted by molar-refractivity contribution is 6.30. The fourth-order valence-electron chi connectivity index (χ4n) is 5.11. The van der Waals surface area contributed by atoms with Crippen LogP contribution in [0.2, 0.25) is 10.0 Å². The van der Waals surface area contributed by atoms with E-state index in [-0.39, 0.29) is 17.9 Å². The summed E-state index contributed by atoms with van der Waals surface area (Å²) < 4.78 is 0. The number of benzene rings is 1. The highest BCUT2D eigenvalue weighted by Crippen LogP contribution is 2.39. The number of hydrogen-bond donors (Lipinski definition) is 1. The minimum Gasteiger partial charge on any atom is -0.465 e. The fraction of sp³-hybridized carbons (Fsp3) is 0.458. The van der Waals surface area contributed by atoms with Crippen LogP contribution in [-0.4, -0.2) is 71.2 Å². The summed E-state index contributed by atoms with van der Waals surface area (Å²) in [5.41, 5.74) is 0.449. The molecule has 0 radical (unpaired) electrons. The van der Waals surface area contributed by atoms with E-state index in [0.717, 1.165) is 37.3 Å². The molecule has 0 spiro atoms. The van der Waals surface area contributed by atoms with Crippen LogP contribution in [0.1, 0.15) is 25.3 Å². The Morgan fingerprint density at radius 2 is 1.73 bits per heavy atom. The predicted octanol–water partition coefficient (Wildman–Crippen LogP) is 4.38. The summed E-state index contributed by atoms with van der Waals surface area (Å²) in [4.78, 5) is 35.0. The van der Waals surface area contributed by atoms with Crippen molar-refractivity contribution in [3.63, 3.8) is 0 Å². The van der Waals surface area contributed by atoms with E-state index in [1.807, 2.05) is 48.2 Å². The van der Waals surface area contributed by atoms with Crippen molar-refractivity contribution >= 4 is 41.0 Å². The number of amides is 2. The van der Waals surface area contributed by atoms with E-state index in [0.29, 0.717) is 23.1 Å². The molecule has 2 saturated heterocycles. The van der Waals surface area contributed by atoms with Crippen LogP contribution in [0.25, 0.3) is 0 Å². The van der Waals surface area contributed by atoms with E-state index in [1.54, 1.807) is 13.2 Å². The monoisotopic (exact) mass is 490 g/mol. The lowest BCUT2D eigenvalue weighted by Crippen LogP contribution is -2.48. The lowest BCUT2D eigenvalue weighted by Gasteiger charge is -2.35. The molecule has 3 heterocycles. The smallest absolute Gasteiger partial charge is 0.407 e. The number of anilines is 1. The number of likely N-dealkylation sites (N-methyl/N-ethyl adjacent to an activating group) is 1. The van der Waals surface area contributed by atoms with E-state index in [1.165, 1.54) is 4.90 Å². The SMILES string of the molecule is CN(C(=O)O)[C@@H]1CN(C(=O)C2CCN(c3ccc(Cl)cn3)CC2)C[C@@]1(C)c1ccc(Cl)cc1. The zero-order valence-corrected chi connectivity index (χ0v) is 20.3. The summed E-state index contributed by atoms with van der Waals surface area (Å²) in [5.74, 6) is 0.877. The van der Waals surface area contributed by atoms with Gasteiger partial charge in [-0.25, -0.2) is 9.78 Å². The third kappa shape index (κ3) is 4.75. The van der Waals surface area contributed by atoms with Crippen LogP contribution in [0, 0.1) is 5.92 Å². The Morgan fingerprint density at radius 1 is 1.09 bits per heavy atom. The Hall–Kier alpha value is -2.51. The first-order chi connectivity index (χ1) is 15.7. The second kappa shape index (κ2) is 9.39. The molecule has 0 aliphatic carbocycles. The van der Waals surface area contributed by atoms with E-state index >= 15 is 0 Å². The van der Waals surface area contributed by atoms with Crippen molar-refractivity contribution in [2.45, 2.75) is 31.2 Å². The minimum absolute atomic E-state index is 0.0862. The molecular weight excluding hydrogens is 463 g/mol. The molecule has 0 saturated carbocycles. The van der Waals surface area contributed by atoms with Gasteiger partial charge in [-0.3, -0.25) is 4.79 Å². The largest absolute Gasteiger partial charge is 0.465 e. The van der Waals surface area contributed by atoms with Gasteiger partial charge in [-0.1, -0.05) is 42.3 Å². The standard InChI is InChI=1S/C24H28Cl2N4O3/c1-24(17-3-5-18(25)6-4-17)15-30(14-20(24)28(2)23(32)33)22(31)16-9-11-29(12-10-16)21-8-7-19(26)13-27-21/h3-8,13,16,20H,9-12,14-15H2,1-2H3,(H,32,33)/t20-,24+/m1/s1. The van der Waals surface area contributed by atoms with Crippen molar-refractivity contribution in [2.75, 3.05) is 38.1 Å². The van der Waals surface area contributed by atoms with E-state index in [4.69, 9.17) is 23.2 Å². The topological polar surface area (TPSA) is 77.0 Å². The summed E-state index contributed by atoms with van der Waals surface area (Å²) in [6, 6.07) is 10.8. The maximum atomic E-state index is 13.5. The first-order valence-electron chi connectivity index (χ1n) is 11.1. The van der Waals surface area contributed by atoms with Crippen molar-refractivity contribution in [3.05, 3.63) is 58.2 Å². The molecule has 176 valence electrons. The van der Waals surface area contributed by atoms with E-state index in [2.05, 4.69) is 9.88 Å². The molecule has 1 aromatic heterocycles. The van der Waals surface area contributed by atoms with Crippen LogP contribution in [0.5, 0.6) is 0 Å². The molecule has 0 unspecified atom stereocenters. The van der Waals surface area contributed by atoms with Gasteiger partial charge in [0.1, 0.15) is 5.82 Å². The van der Waals surface area contributed by atoms with Crippen LogP contribution in [0.4, 0.5) is 10.6 Å². The Bertz CT molecular complexity index is 1010. The Balaban J connectivity index is 1.48. The number of nitrogens with zero attached hydrogens (tertiary/aromatic N) is 4. The van der Waals surface area contributed by atoms with Gasteiger partial charge >= 0.3 is 6.09 Å². The quantitative estimate of drug-likeness (QED) is 0.687. The van der Waals surface area contributed by atoms with Gasteiger partial charge in [0.05, 0.1) is 11.1 Å². The molecule has 0 bridgehead atoms. The van der Waals surface area contributed by atoms with Crippen LogP contribution in [0.15, 0.2) is 42.6 Å². The molecule has 1 aromatic carbocycles. The maximum Gasteiger partial charge on any atom is 0.407 e. The number of piperidine rings is 1. The molecule has 7 nitrogen and oxygen atoms in total. The number of carboxylic acid groups (broad SMARTS) is 1. The van der Waals surface area contributed by atoms with Crippen molar-refractivity contribution in [2.24, 2.45) is 5.92 Å². The third-order valence-corrected chi connectivity index (χ3v) is 7.59.